The Bertz CT molecular complexity index is 1390. The maximum absolute atomic E-state index is 13.1. The SMILES string of the molecule is Cc1ccc(-c2csc3ncn(CCC(=O)Nc4ccc(C(N)=O)c(C)c4)c(=O)c23)cc1. The van der Waals surface area contributed by atoms with Crippen LogP contribution in [0.3, 0.4) is 0 Å². The predicted octanol–water partition coefficient (Wildman–Crippen LogP) is 3.87. The van der Waals surface area contributed by atoms with Gasteiger partial charge in [0.1, 0.15) is 4.83 Å². The highest BCUT2D eigenvalue weighted by atomic mass is 32.1. The van der Waals surface area contributed by atoms with Crippen molar-refractivity contribution in [3.05, 3.63) is 81.2 Å². The highest BCUT2D eigenvalue weighted by Gasteiger charge is 2.14. The van der Waals surface area contributed by atoms with Crippen molar-refractivity contribution in [1.29, 1.82) is 0 Å². The van der Waals surface area contributed by atoms with Crippen LogP contribution in [0.25, 0.3) is 21.3 Å². The van der Waals surface area contributed by atoms with Gasteiger partial charge in [-0.05, 0) is 43.2 Å². The largest absolute Gasteiger partial charge is 0.366 e. The number of aryl methyl sites for hydroxylation is 3. The normalized spacial score (nSPS) is 10.9. The van der Waals surface area contributed by atoms with Crippen molar-refractivity contribution < 1.29 is 9.59 Å². The van der Waals surface area contributed by atoms with E-state index in [1.165, 1.54) is 22.2 Å². The third-order valence-corrected chi connectivity index (χ3v) is 6.17. The number of primary amides is 1. The molecule has 0 spiro atoms. The predicted molar refractivity (Wildman–Crippen MR) is 127 cm³/mol. The summed E-state index contributed by atoms with van der Waals surface area (Å²) in [6, 6.07) is 12.9. The lowest BCUT2D eigenvalue weighted by molar-refractivity contribution is -0.116. The summed E-state index contributed by atoms with van der Waals surface area (Å²) in [6.07, 6.45) is 1.59. The number of rotatable bonds is 6. The van der Waals surface area contributed by atoms with Crippen molar-refractivity contribution >= 4 is 39.1 Å². The summed E-state index contributed by atoms with van der Waals surface area (Å²) in [4.78, 5) is 42.0. The molecule has 0 unspecified atom stereocenters. The van der Waals surface area contributed by atoms with Gasteiger partial charge in [-0.25, -0.2) is 4.98 Å². The van der Waals surface area contributed by atoms with Gasteiger partial charge in [-0.1, -0.05) is 29.8 Å². The summed E-state index contributed by atoms with van der Waals surface area (Å²) in [6.45, 7) is 3.97. The number of benzene rings is 2. The molecule has 0 aliphatic carbocycles. The molecule has 0 aliphatic heterocycles. The minimum atomic E-state index is -0.513. The fraction of sp³-hybridized carbons (Fsp3) is 0.167. The second-order valence-corrected chi connectivity index (χ2v) is 8.49. The van der Waals surface area contributed by atoms with Crippen LogP contribution in [0.15, 0.2) is 59.0 Å². The average Bonchev–Trinajstić information content (AvgIpc) is 3.18. The highest BCUT2D eigenvalue weighted by molar-refractivity contribution is 7.17. The van der Waals surface area contributed by atoms with Gasteiger partial charge in [-0.15, -0.1) is 11.3 Å². The molecule has 2 amide bonds. The van der Waals surface area contributed by atoms with Gasteiger partial charge in [-0.2, -0.15) is 0 Å². The van der Waals surface area contributed by atoms with Gasteiger partial charge in [0.2, 0.25) is 11.8 Å². The van der Waals surface area contributed by atoms with Crippen LogP contribution in [0.2, 0.25) is 0 Å². The van der Waals surface area contributed by atoms with Gasteiger partial charge in [0.15, 0.2) is 0 Å². The van der Waals surface area contributed by atoms with Gasteiger partial charge in [0, 0.05) is 35.2 Å². The lowest BCUT2D eigenvalue weighted by Crippen LogP contribution is -2.23. The van der Waals surface area contributed by atoms with Crippen molar-refractivity contribution in [1.82, 2.24) is 9.55 Å². The van der Waals surface area contributed by atoms with Gasteiger partial charge in [-0.3, -0.25) is 19.0 Å². The molecule has 0 saturated carbocycles. The Labute approximate surface area is 188 Å². The van der Waals surface area contributed by atoms with E-state index in [9.17, 15) is 14.4 Å². The van der Waals surface area contributed by atoms with Crippen LogP contribution in [0.5, 0.6) is 0 Å². The third-order valence-electron chi connectivity index (χ3n) is 5.28. The Morgan fingerprint density at radius 1 is 1.12 bits per heavy atom. The number of aromatic nitrogens is 2. The smallest absolute Gasteiger partial charge is 0.262 e. The quantitative estimate of drug-likeness (QED) is 0.469. The minimum absolute atomic E-state index is 0.105. The van der Waals surface area contributed by atoms with Crippen LogP contribution in [-0.2, 0) is 11.3 Å². The summed E-state index contributed by atoms with van der Waals surface area (Å²) in [7, 11) is 0. The lowest BCUT2D eigenvalue weighted by atomic mass is 10.1. The summed E-state index contributed by atoms with van der Waals surface area (Å²) < 4.78 is 1.47. The van der Waals surface area contributed by atoms with E-state index in [1.807, 2.05) is 36.6 Å². The standard InChI is InChI=1S/C24H22N4O3S/c1-14-3-5-16(6-4-14)19-12-32-23-21(19)24(31)28(13-26-23)10-9-20(29)27-17-7-8-18(22(25)30)15(2)11-17/h3-8,11-13H,9-10H2,1-2H3,(H2,25,30)(H,27,29). The molecule has 4 aromatic rings. The topological polar surface area (TPSA) is 107 Å². The second-order valence-electron chi connectivity index (χ2n) is 7.63. The van der Waals surface area contributed by atoms with Crippen molar-refractivity contribution in [2.24, 2.45) is 5.73 Å². The number of carbonyl (C=O) groups is 2. The summed E-state index contributed by atoms with van der Waals surface area (Å²) >= 11 is 1.43. The van der Waals surface area contributed by atoms with E-state index < -0.39 is 5.91 Å². The summed E-state index contributed by atoms with van der Waals surface area (Å²) in [5, 5.41) is 5.30. The molecule has 4 rings (SSSR count). The first-order valence-corrected chi connectivity index (χ1v) is 11.0. The van der Waals surface area contributed by atoms with Crippen LogP contribution < -0.4 is 16.6 Å². The summed E-state index contributed by atoms with van der Waals surface area (Å²) in [5.74, 6) is -0.756. The number of nitrogens with one attached hydrogen (secondary N) is 1. The molecule has 162 valence electrons. The van der Waals surface area contributed by atoms with E-state index in [-0.39, 0.29) is 24.4 Å². The first-order chi connectivity index (χ1) is 15.3. The third kappa shape index (κ3) is 4.31. The molecule has 2 aromatic heterocycles. The van der Waals surface area contributed by atoms with Gasteiger partial charge >= 0.3 is 0 Å². The van der Waals surface area contributed by atoms with Crippen molar-refractivity contribution in [3.8, 4) is 11.1 Å². The maximum Gasteiger partial charge on any atom is 0.262 e. The molecule has 7 nitrogen and oxygen atoms in total. The molecule has 0 aliphatic rings. The molecule has 0 atom stereocenters. The Balaban J connectivity index is 1.51. The molecular weight excluding hydrogens is 424 g/mol. The van der Waals surface area contributed by atoms with E-state index in [2.05, 4.69) is 10.3 Å². The number of amides is 2. The minimum Gasteiger partial charge on any atom is -0.366 e. The van der Waals surface area contributed by atoms with Crippen LogP contribution in [0.1, 0.15) is 27.9 Å². The van der Waals surface area contributed by atoms with Gasteiger partial charge < -0.3 is 11.1 Å². The number of nitrogens with two attached hydrogens (primary N) is 1. The molecule has 3 N–H and O–H groups in total. The van der Waals surface area contributed by atoms with Crippen LogP contribution >= 0.6 is 11.3 Å². The Kier molecular flexibility index (Phi) is 5.87. The van der Waals surface area contributed by atoms with Crippen LogP contribution in [-0.4, -0.2) is 21.4 Å². The monoisotopic (exact) mass is 446 g/mol. The zero-order valence-corrected chi connectivity index (χ0v) is 18.5. The molecule has 32 heavy (non-hydrogen) atoms. The Hall–Kier alpha value is -3.78. The molecule has 0 saturated heterocycles. The number of hydrogen-bond acceptors (Lipinski definition) is 5. The first-order valence-electron chi connectivity index (χ1n) is 10.1. The number of nitrogens with zero attached hydrogens (tertiary/aromatic N) is 2. The van der Waals surface area contributed by atoms with Crippen molar-refractivity contribution in [3.63, 3.8) is 0 Å². The van der Waals surface area contributed by atoms with Crippen molar-refractivity contribution in [2.75, 3.05) is 5.32 Å². The number of hydrogen-bond donors (Lipinski definition) is 2. The average molecular weight is 447 g/mol. The van der Waals surface area contributed by atoms with E-state index in [4.69, 9.17) is 5.73 Å². The number of thiophene rings is 1. The molecule has 0 radical (unpaired) electrons. The number of anilines is 1. The van der Waals surface area contributed by atoms with Crippen molar-refractivity contribution in [2.45, 2.75) is 26.8 Å². The zero-order chi connectivity index (χ0) is 22.8. The van der Waals surface area contributed by atoms with Crippen LogP contribution in [0.4, 0.5) is 5.69 Å². The lowest BCUT2D eigenvalue weighted by Gasteiger charge is -2.09. The Morgan fingerprint density at radius 2 is 1.88 bits per heavy atom. The molecule has 0 fully saturated rings. The van der Waals surface area contributed by atoms with E-state index in [0.717, 1.165) is 16.7 Å². The van der Waals surface area contributed by atoms with Gasteiger partial charge in [0.25, 0.3) is 5.56 Å². The van der Waals surface area contributed by atoms with Gasteiger partial charge in [0.05, 0.1) is 11.7 Å². The summed E-state index contributed by atoms with van der Waals surface area (Å²) in [5.41, 5.74) is 9.77. The molecule has 2 heterocycles. The second kappa shape index (κ2) is 8.76. The molecule has 2 aromatic carbocycles. The molecular formula is C24H22N4O3S. The number of fused-ring (bicyclic) bond motifs is 1. The van der Waals surface area contributed by atoms with E-state index in [0.29, 0.717) is 27.0 Å². The molecule has 0 bridgehead atoms. The Morgan fingerprint density at radius 3 is 2.56 bits per heavy atom. The number of carbonyl (C=O) groups excluding carboxylic acids is 2. The maximum atomic E-state index is 13.1. The molecule has 8 heteroatoms. The van der Waals surface area contributed by atoms with Crippen LogP contribution in [0, 0.1) is 13.8 Å². The van der Waals surface area contributed by atoms with E-state index >= 15 is 0 Å². The van der Waals surface area contributed by atoms with E-state index in [1.54, 1.807) is 25.1 Å². The highest BCUT2D eigenvalue weighted by Crippen LogP contribution is 2.30. The zero-order valence-electron chi connectivity index (χ0n) is 17.7. The fourth-order valence-electron chi connectivity index (χ4n) is 3.54. The first kappa shape index (κ1) is 21.5. The fourth-order valence-corrected chi connectivity index (χ4v) is 4.44.